The minimum Gasteiger partial charge on any atom is -0.355 e. The Labute approximate surface area is 167 Å². The zero-order valence-corrected chi connectivity index (χ0v) is 15.9. The van der Waals surface area contributed by atoms with Crippen LogP contribution in [0.2, 0.25) is 5.02 Å². The van der Waals surface area contributed by atoms with E-state index >= 15 is 0 Å². The summed E-state index contributed by atoms with van der Waals surface area (Å²) in [6.45, 7) is 2.22. The number of rotatable bonds is 3. The Bertz CT molecular complexity index is 1030. The number of hydrogen-bond acceptors (Lipinski definition) is 5. The molecule has 7 nitrogen and oxygen atoms in total. The van der Waals surface area contributed by atoms with Gasteiger partial charge < -0.3 is 15.5 Å². The van der Waals surface area contributed by atoms with Crippen LogP contribution in [0.3, 0.4) is 0 Å². The first-order valence-electron chi connectivity index (χ1n) is 9.21. The molecule has 4 heterocycles. The fraction of sp³-hybridized carbons (Fsp3) is 0.250. The molecule has 0 saturated carbocycles. The molecule has 1 aromatic carbocycles. The Balaban J connectivity index is 1.35. The number of amides is 1. The van der Waals surface area contributed by atoms with Gasteiger partial charge in [-0.05, 0) is 42.8 Å². The average molecular weight is 395 g/mol. The van der Waals surface area contributed by atoms with Gasteiger partial charge in [0, 0.05) is 35.9 Å². The van der Waals surface area contributed by atoms with Crippen molar-refractivity contribution in [1.29, 1.82) is 0 Å². The van der Waals surface area contributed by atoms with Crippen LogP contribution >= 0.6 is 11.6 Å². The van der Waals surface area contributed by atoms with E-state index in [9.17, 15) is 4.79 Å². The number of anilines is 2. The van der Waals surface area contributed by atoms with Gasteiger partial charge in [-0.25, -0.2) is 9.67 Å². The third kappa shape index (κ3) is 2.93. The molecule has 1 amide bonds. The number of fused-ring (bicyclic) bond motifs is 1. The molecule has 2 N–H and O–H groups in total. The van der Waals surface area contributed by atoms with Gasteiger partial charge in [0.2, 0.25) is 0 Å². The average Bonchev–Trinajstić information content (AvgIpc) is 3.39. The van der Waals surface area contributed by atoms with Crippen LogP contribution in [0.4, 0.5) is 11.5 Å². The molecule has 2 aliphatic rings. The Hall–Kier alpha value is -2.90. The van der Waals surface area contributed by atoms with Gasteiger partial charge >= 0.3 is 0 Å². The van der Waals surface area contributed by atoms with Crippen LogP contribution in [0, 0.1) is 0 Å². The molecule has 1 saturated heterocycles. The number of nitrogens with zero attached hydrogens (tertiary/aromatic N) is 5. The molecular weight excluding hydrogens is 376 g/mol. The lowest BCUT2D eigenvalue weighted by molar-refractivity contribution is 0.0991. The number of pyridine rings is 1. The largest absolute Gasteiger partial charge is 0.355 e. The first kappa shape index (κ1) is 17.2. The van der Waals surface area contributed by atoms with Gasteiger partial charge in [-0.1, -0.05) is 11.6 Å². The van der Waals surface area contributed by atoms with Gasteiger partial charge in [-0.2, -0.15) is 5.10 Å². The van der Waals surface area contributed by atoms with E-state index in [-0.39, 0.29) is 11.9 Å². The molecule has 2 aliphatic heterocycles. The van der Waals surface area contributed by atoms with E-state index in [0.717, 1.165) is 42.3 Å². The lowest BCUT2D eigenvalue weighted by Crippen LogP contribution is -2.27. The van der Waals surface area contributed by atoms with Crippen LogP contribution in [0.1, 0.15) is 22.5 Å². The minimum atomic E-state index is -0.111. The second kappa shape index (κ2) is 6.61. The molecule has 0 bridgehead atoms. The first-order valence-corrected chi connectivity index (χ1v) is 9.59. The Morgan fingerprint density at radius 1 is 1.11 bits per heavy atom. The van der Waals surface area contributed by atoms with Crippen molar-refractivity contribution in [2.75, 3.05) is 22.9 Å². The van der Waals surface area contributed by atoms with E-state index in [0.29, 0.717) is 17.3 Å². The summed E-state index contributed by atoms with van der Waals surface area (Å²) in [7, 11) is 0. The van der Waals surface area contributed by atoms with E-state index < -0.39 is 0 Å². The predicted octanol–water partition coefficient (Wildman–Crippen LogP) is 2.62. The number of halogens is 1. The summed E-state index contributed by atoms with van der Waals surface area (Å²) in [5, 5.41) is 5.14. The smallest absolute Gasteiger partial charge is 0.279 e. The summed E-state index contributed by atoms with van der Waals surface area (Å²) in [6, 6.07) is 11.4. The molecule has 2 aromatic heterocycles. The van der Waals surface area contributed by atoms with Gasteiger partial charge in [0.15, 0.2) is 5.69 Å². The molecule has 0 radical (unpaired) electrons. The van der Waals surface area contributed by atoms with Gasteiger partial charge in [0.25, 0.3) is 5.91 Å². The highest BCUT2D eigenvalue weighted by molar-refractivity contribution is 6.30. The number of benzene rings is 1. The van der Waals surface area contributed by atoms with Crippen LogP contribution in [-0.4, -0.2) is 39.8 Å². The maximum atomic E-state index is 12.9. The van der Waals surface area contributed by atoms with Crippen LogP contribution in [0.25, 0.3) is 5.69 Å². The topological polar surface area (TPSA) is 80.3 Å². The molecule has 0 spiro atoms. The van der Waals surface area contributed by atoms with Crippen molar-refractivity contribution in [3.05, 3.63) is 65.1 Å². The van der Waals surface area contributed by atoms with Crippen molar-refractivity contribution in [2.45, 2.75) is 19.0 Å². The molecule has 1 atom stereocenters. The summed E-state index contributed by atoms with van der Waals surface area (Å²) in [6.07, 6.45) is 4.62. The monoisotopic (exact) mass is 394 g/mol. The van der Waals surface area contributed by atoms with Crippen LogP contribution in [0.15, 0.2) is 48.8 Å². The molecule has 5 rings (SSSR count). The molecule has 3 aromatic rings. The highest BCUT2D eigenvalue weighted by Gasteiger charge is 2.32. The van der Waals surface area contributed by atoms with Crippen molar-refractivity contribution in [1.82, 2.24) is 14.8 Å². The lowest BCUT2D eigenvalue weighted by atomic mass is 10.3. The zero-order valence-electron chi connectivity index (χ0n) is 15.1. The second-order valence-corrected chi connectivity index (χ2v) is 7.62. The van der Waals surface area contributed by atoms with Crippen molar-refractivity contribution in [3.8, 4) is 5.69 Å². The Morgan fingerprint density at radius 3 is 2.54 bits per heavy atom. The van der Waals surface area contributed by atoms with E-state index in [2.05, 4.69) is 15.0 Å². The van der Waals surface area contributed by atoms with Gasteiger partial charge in [0.05, 0.1) is 24.1 Å². The van der Waals surface area contributed by atoms with Crippen LogP contribution < -0.4 is 15.5 Å². The van der Waals surface area contributed by atoms with Crippen molar-refractivity contribution in [2.24, 2.45) is 5.73 Å². The molecule has 0 unspecified atom stereocenters. The summed E-state index contributed by atoms with van der Waals surface area (Å²) >= 11 is 5.94. The number of carbonyl (C=O) groups is 1. The molecule has 28 heavy (non-hydrogen) atoms. The summed E-state index contributed by atoms with van der Waals surface area (Å²) in [5.74, 6) is 0.787. The van der Waals surface area contributed by atoms with E-state index in [4.69, 9.17) is 17.3 Å². The Morgan fingerprint density at radius 2 is 1.89 bits per heavy atom. The summed E-state index contributed by atoms with van der Waals surface area (Å²) in [5.41, 5.74) is 8.98. The van der Waals surface area contributed by atoms with E-state index in [1.807, 2.05) is 30.5 Å². The number of nitrogens with two attached hydrogens (primary N) is 1. The number of aromatic nitrogens is 3. The van der Waals surface area contributed by atoms with Crippen molar-refractivity contribution >= 4 is 29.0 Å². The summed E-state index contributed by atoms with van der Waals surface area (Å²) < 4.78 is 1.72. The molecular formula is C20H19ClN6O. The lowest BCUT2D eigenvalue weighted by Gasteiger charge is -2.19. The van der Waals surface area contributed by atoms with E-state index in [1.165, 1.54) is 0 Å². The maximum absolute atomic E-state index is 12.9. The first-order chi connectivity index (χ1) is 13.6. The quantitative estimate of drug-likeness (QED) is 0.738. The van der Waals surface area contributed by atoms with Gasteiger partial charge in [-0.15, -0.1) is 0 Å². The molecule has 0 aliphatic carbocycles. The van der Waals surface area contributed by atoms with E-state index in [1.54, 1.807) is 27.9 Å². The van der Waals surface area contributed by atoms with Crippen molar-refractivity contribution in [3.63, 3.8) is 0 Å². The van der Waals surface area contributed by atoms with Gasteiger partial charge in [-0.3, -0.25) is 4.79 Å². The number of hydrogen-bond donors (Lipinski definition) is 1. The standard InChI is InChI=1S/C20H19ClN6O/c21-14-1-3-16(4-2-14)27-11-13-10-26(20(28)19(13)24-27)17-5-6-18(23-9-17)25-8-7-15(22)12-25/h1-6,9,11,15H,7-8,10,12,22H2/t15-/m1/s1. The zero-order chi connectivity index (χ0) is 19.3. The fourth-order valence-corrected chi connectivity index (χ4v) is 3.86. The second-order valence-electron chi connectivity index (χ2n) is 7.18. The SMILES string of the molecule is N[C@@H]1CCN(c2ccc(N3Cc4cn(-c5ccc(Cl)cc5)nc4C3=O)cn2)C1. The Kier molecular flexibility index (Phi) is 4.07. The summed E-state index contributed by atoms with van der Waals surface area (Å²) in [4.78, 5) is 21.3. The third-order valence-electron chi connectivity index (χ3n) is 5.25. The minimum absolute atomic E-state index is 0.111. The fourth-order valence-electron chi connectivity index (χ4n) is 3.73. The molecule has 142 valence electrons. The van der Waals surface area contributed by atoms with Crippen LogP contribution in [0.5, 0.6) is 0 Å². The third-order valence-corrected chi connectivity index (χ3v) is 5.50. The highest BCUT2D eigenvalue weighted by Crippen LogP contribution is 2.29. The highest BCUT2D eigenvalue weighted by atomic mass is 35.5. The number of carbonyl (C=O) groups excluding carboxylic acids is 1. The molecule has 8 heteroatoms. The molecule has 1 fully saturated rings. The normalized spacial score (nSPS) is 18.8. The maximum Gasteiger partial charge on any atom is 0.279 e. The predicted molar refractivity (Wildman–Crippen MR) is 108 cm³/mol. The van der Waals surface area contributed by atoms with Crippen LogP contribution in [-0.2, 0) is 6.54 Å². The van der Waals surface area contributed by atoms with Gasteiger partial charge in [0.1, 0.15) is 5.82 Å². The van der Waals surface area contributed by atoms with Crippen molar-refractivity contribution < 1.29 is 4.79 Å².